The van der Waals surface area contributed by atoms with Crippen LogP contribution in [0.4, 0.5) is 5.13 Å². The highest BCUT2D eigenvalue weighted by Gasteiger charge is 2.54. The van der Waals surface area contributed by atoms with Gasteiger partial charge in [-0.15, -0.1) is 0 Å². The summed E-state index contributed by atoms with van der Waals surface area (Å²) in [7, 11) is 0. The molecule has 5 rings (SSSR count). The number of Topliss-reactive ketones (excluding diaryl/α,β-unsaturated/α-hetero) is 1. The number of hydrogen-bond donors (Lipinski definition) is 2. The molecule has 3 fully saturated rings. The summed E-state index contributed by atoms with van der Waals surface area (Å²) in [5.74, 6) is -0.447. The summed E-state index contributed by atoms with van der Waals surface area (Å²) in [5, 5.41) is 3.49. The van der Waals surface area contributed by atoms with Crippen LogP contribution in [0.2, 0.25) is 0 Å². The van der Waals surface area contributed by atoms with Gasteiger partial charge in [-0.3, -0.25) is 14.4 Å². The number of thiazole rings is 1. The number of nitrogens with one attached hydrogen (secondary N) is 1. The van der Waals surface area contributed by atoms with Crippen LogP contribution < -0.4 is 11.1 Å². The van der Waals surface area contributed by atoms with Crippen molar-refractivity contribution in [3.05, 3.63) is 23.8 Å². The maximum Gasteiger partial charge on any atom is 0.251 e. The Morgan fingerprint density at radius 2 is 2.09 bits per heavy atom. The first-order chi connectivity index (χ1) is 15.3. The van der Waals surface area contributed by atoms with Gasteiger partial charge in [-0.25, -0.2) is 4.98 Å². The van der Waals surface area contributed by atoms with E-state index in [0.29, 0.717) is 17.2 Å². The fourth-order valence-electron chi connectivity index (χ4n) is 5.59. The summed E-state index contributed by atoms with van der Waals surface area (Å²) in [6.07, 6.45) is 3.50. The maximum atomic E-state index is 13.8. The minimum Gasteiger partial charge on any atom is -0.375 e. The highest BCUT2D eigenvalue weighted by atomic mass is 32.1. The molecule has 2 aromatic rings. The van der Waals surface area contributed by atoms with Crippen molar-refractivity contribution in [1.82, 2.24) is 15.2 Å². The minimum atomic E-state index is -0.695. The van der Waals surface area contributed by atoms with E-state index in [1.165, 1.54) is 11.3 Å². The summed E-state index contributed by atoms with van der Waals surface area (Å²) in [6.45, 7) is 4.59. The summed E-state index contributed by atoms with van der Waals surface area (Å²) < 4.78 is 6.49. The number of nitrogen functional groups attached to an aromatic ring is 1. The van der Waals surface area contributed by atoms with Crippen molar-refractivity contribution in [2.24, 2.45) is 11.3 Å². The standard InChI is InChI=1S/C23H28N4O4S/c1-12-10-27(17-15(28)11-31-18(12)17)21(30)19(23(2)7-3-4-8-23)26-20(29)13-5-6-14-16(9-13)32-22(24)25-14/h5-6,9,12,17-19H,3-4,7-8,10-11H2,1-2H3,(H2,24,25)(H,26,29)/t12-,17-,18-,19-/m1/s1. The van der Waals surface area contributed by atoms with Crippen molar-refractivity contribution < 1.29 is 19.1 Å². The van der Waals surface area contributed by atoms with Crippen LogP contribution in [0, 0.1) is 11.3 Å². The zero-order valence-electron chi connectivity index (χ0n) is 18.3. The van der Waals surface area contributed by atoms with Crippen LogP contribution in [0.3, 0.4) is 0 Å². The lowest BCUT2D eigenvalue weighted by atomic mass is 9.79. The molecule has 1 aliphatic carbocycles. The molecule has 8 nitrogen and oxygen atoms in total. The van der Waals surface area contributed by atoms with Crippen LogP contribution in [-0.4, -0.2) is 58.8 Å². The third-order valence-corrected chi connectivity index (χ3v) is 8.20. The molecule has 3 N–H and O–H groups in total. The molecule has 170 valence electrons. The number of hydrogen-bond acceptors (Lipinski definition) is 7. The number of aromatic nitrogens is 1. The number of benzene rings is 1. The topological polar surface area (TPSA) is 115 Å². The Balaban J connectivity index is 1.44. The lowest BCUT2D eigenvalue weighted by molar-refractivity contribution is -0.140. The number of likely N-dealkylation sites (tertiary alicyclic amines) is 1. The molecule has 1 saturated carbocycles. The first kappa shape index (κ1) is 21.3. The van der Waals surface area contributed by atoms with Gasteiger partial charge in [-0.1, -0.05) is 38.0 Å². The molecule has 1 aromatic heterocycles. The molecule has 3 aliphatic rings. The molecule has 0 spiro atoms. The normalized spacial score (nSPS) is 27.6. The van der Waals surface area contributed by atoms with E-state index in [2.05, 4.69) is 17.2 Å². The van der Waals surface area contributed by atoms with Gasteiger partial charge in [0.15, 0.2) is 10.9 Å². The van der Waals surface area contributed by atoms with Crippen molar-refractivity contribution >= 4 is 44.3 Å². The summed E-state index contributed by atoms with van der Waals surface area (Å²) in [6, 6.07) is 4.00. The fraction of sp³-hybridized carbons (Fsp3) is 0.565. The molecule has 32 heavy (non-hydrogen) atoms. The molecule has 0 unspecified atom stereocenters. The van der Waals surface area contributed by atoms with Crippen LogP contribution in [-0.2, 0) is 14.3 Å². The molecule has 4 atom stereocenters. The van der Waals surface area contributed by atoms with Gasteiger partial charge >= 0.3 is 0 Å². The predicted molar refractivity (Wildman–Crippen MR) is 121 cm³/mol. The first-order valence-corrected chi connectivity index (χ1v) is 12.0. The van der Waals surface area contributed by atoms with E-state index in [1.54, 1.807) is 23.1 Å². The Morgan fingerprint density at radius 1 is 1.34 bits per heavy atom. The van der Waals surface area contributed by atoms with Crippen molar-refractivity contribution in [3.63, 3.8) is 0 Å². The van der Waals surface area contributed by atoms with E-state index in [-0.39, 0.29) is 41.6 Å². The number of ether oxygens (including phenoxy) is 1. The lowest BCUT2D eigenvalue weighted by Crippen LogP contribution is -2.57. The van der Waals surface area contributed by atoms with E-state index >= 15 is 0 Å². The monoisotopic (exact) mass is 456 g/mol. The Morgan fingerprint density at radius 3 is 2.84 bits per heavy atom. The predicted octanol–water partition coefficient (Wildman–Crippen LogP) is 2.37. The molecular weight excluding hydrogens is 428 g/mol. The van der Waals surface area contributed by atoms with Gasteiger partial charge < -0.3 is 20.7 Å². The largest absolute Gasteiger partial charge is 0.375 e. The number of anilines is 1. The van der Waals surface area contributed by atoms with Crippen molar-refractivity contribution in [2.45, 2.75) is 57.7 Å². The highest BCUT2D eigenvalue weighted by molar-refractivity contribution is 7.22. The maximum absolute atomic E-state index is 13.8. The second-order valence-electron chi connectivity index (χ2n) is 9.66. The highest BCUT2D eigenvalue weighted by Crippen LogP contribution is 2.42. The Kier molecular flexibility index (Phi) is 5.21. The summed E-state index contributed by atoms with van der Waals surface area (Å²) in [5.41, 5.74) is 6.65. The minimum absolute atomic E-state index is 0.0513. The van der Waals surface area contributed by atoms with E-state index in [0.717, 1.165) is 35.9 Å². The Bertz CT molecular complexity index is 1090. The quantitative estimate of drug-likeness (QED) is 0.730. The van der Waals surface area contributed by atoms with Crippen LogP contribution in [0.1, 0.15) is 49.9 Å². The number of rotatable bonds is 4. The van der Waals surface area contributed by atoms with Crippen LogP contribution >= 0.6 is 11.3 Å². The first-order valence-electron chi connectivity index (χ1n) is 11.2. The van der Waals surface area contributed by atoms with Crippen molar-refractivity contribution in [3.8, 4) is 0 Å². The van der Waals surface area contributed by atoms with Crippen molar-refractivity contribution in [1.29, 1.82) is 0 Å². The number of carbonyl (C=O) groups is 3. The molecule has 1 aromatic carbocycles. The SMILES string of the molecule is C[C@@H]1CN(C(=O)[C@@H](NC(=O)c2ccc3nc(N)sc3c2)C2(C)CCCC2)[C@@H]2C(=O)CO[C@H]12. The molecule has 9 heteroatoms. The molecule has 0 radical (unpaired) electrons. The second-order valence-corrected chi connectivity index (χ2v) is 10.7. The number of nitrogens with two attached hydrogens (primary N) is 1. The van der Waals surface area contributed by atoms with Gasteiger partial charge in [0.1, 0.15) is 18.7 Å². The van der Waals surface area contributed by atoms with Crippen LogP contribution in [0.15, 0.2) is 18.2 Å². The lowest BCUT2D eigenvalue weighted by Gasteiger charge is -2.37. The number of nitrogens with zero attached hydrogens (tertiary/aromatic N) is 2. The fourth-order valence-corrected chi connectivity index (χ4v) is 6.36. The van der Waals surface area contributed by atoms with Gasteiger partial charge in [0.05, 0.1) is 16.3 Å². The Hall–Kier alpha value is -2.52. The Labute approximate surface area is 190 Å². The van der Waals surface area contributed by atoms with Gasteiger partial charge in [0.25, 0.3) is 5.91 Å². The van der Waals surface area contributed by atoms with Crippen LogP contribution in [0.5, 0.6) is 0 Å². The van der Waals surface area contributed by atoms with E-state index in [1.807, 2.05) is 6.92 Å². The van der Waals surface area contributed by atoms with E-state index in [9.17, 15) is 14.4 Å². The smallest absolute Gasteiger partial charge is 0.251 e. The van der Waals surface area contributed by atoms with Crippen molar-refractivity contribution in [2.75, 3.05) is 18.9 Å². The van der Waals surface area contributed by atoms with E-state index in [4.69, 9.17) is 10.5 Å². The molecule has 2 saturated heterocycles. The van der Waals surface area contributed by atoms with Gasteiger partial charge in [-0.05, 0) is 36.5 Å². The summed E-state index contributed by atoms with van der Waals surface area (Å²) in [4.78, 5) is 45.5. The van der Waals surface area contributed by atoms with Gasteiger partial charge in [0.2, 0.25) is 5.91 Å². The van der Waals surface area contributed by atoms with Gasteiger partial charge in [0, 0.05) is 18.0 Å². The summed E-state index contributed by atoms with van der Waals surface area (Å²) >= 11 is 1.32. The number of fused-ring (bicyclic) bond motifs is 2. The average Bonchev–Trinajstić information content (AvgIpc) is 3.51. The molecular formula is C23H28N4O4S. The average molecular weight is 457 g/mol. The molecule has 0 bridgehead atoms. The number of amides is 2. The number of ketones is 1. The zero-order chi connectivity index (χ0) is 22.6. The van der Waals surface area contributed by atoms with E-state index < -0.39 is 12.1 Å². The third kappa shape index (κ3) is 3.47. The number of carbonyl (C=O) groups excluding carboxylic acids is 3. The van der Waals surface area contributed by atoms with Gasteiger partial charge in [-0.2, -0.15) is 0 Å². The molecule has 2 amide bonds. The van der Waals surface area contributed by atoms with Crippen LogP contribution in [0.25, 0.3) is 10.2 Å². The molecule has 3 heterocycles. The zero-order valence-corrected chi connectivity index (χ0v) is 19.1. The third-order valence-electron chi connectivity index (χ3n) is 7.36. The molecule has 2 aliphatic heterocycles. The second kappa shape index (κ2) is 7.81.